The number of nitrogens with one attached hydrogen (secondary N) is 1. The van der Waals surface area contributed by atoms with Gasteiger partial charge in [0.15, 0.2) is 0 Å². The minimum atomic E-state index is 0. The van der Waals surface area contributed by atoms with Crippen LogP contribution in [0.3, 0.4) is 0 Å². The van der Waals surface area contributed by atoms with Crippen LogP contribution in [-0.2, 0) is 36.4 Å². The smallest absolute Gasteiger partial charge is 0.219 e. The zero-order chi connectivity index (χ0) is 10.4. The number of nitrogens with two attached hydrogens (primary N) is 1. The van der Waals surface area contributed by atoms with Crippen molar-refractivity contribution in [2.45, 2.75) is 26.4 Å². The topological polar surface area (TPSA) is 86.6 Å². The third-order valence-electron chi connectivity index (χ3n) is 2.04. The third-order valence-corrected chi connectivity index (χ3v) is 2.04. The molecule has 0 fully saturated rings. The molecule has 5 heteroatoms. The summed E-state index contributed by atoms with van der Waals surface area (Å²) in [6.07, 6.45) is 0.524. The Labute approximate surface area is 108 Å². The van der Waals surface area contributed by atoms with Gasteiger partial charge in [0.05, 0.1) is 0 Å². The maximum atomic E-state index is 11.0. The fraction of sp³-hybridized carbons (Fsp3) is 0.364. The Morgan fingerprint density at radius 3 is 2.56 bits per heavy atom. The summed E-state index contributed by atoms with van der Waals surface area (Å²) in [5, 5.41) is 2.82. The van der Waals surface area contributed by atoms with Crippen molar-refractivity contribution in [3.05, 3.63) is 35.4 Å². The number of amides is 1. The SMILES string of the molecule is CCC(=O)NCc1cccc(CN)c1.O.[V]. The maximum absolute atomic E-state index is 11.0. The molecule has 0 saturated carbocycles. The van der Waals surface area contributed by atoms with Crippen molar-refractivity contribution >= 4 is 5.91 Å². The third kappa shape index (κ3) is 5.93. The van der Waals surface area contributed by atoms with Crippen LogP contribution in [0.5, 0.6) is 0 Å². The molecule has 0 aliphatic carbocycles. The van der Waals surface area contributed by atoms with E-state index in [4.69, 9.17) is 5.73 Å². The average Bonchev–Trinajstić information content (AvgIpc) is 2.26. The minimum Gasteiger partial charge on any atom is -0.412 e. The van der Waals surface area contributed by atoms with Crippen LogP contribution in [0.4, 0.5) is 0 Å². The summed E-state index contributed by atoms with van der Waals surface area (Å²) < 4.78 is 0. The number of carbonyl (C=O) groups is 1. The molecule has 0 heterocycles. The van der Waals surface area contributed by atoms with Crippen molar-refractivity contribution in [2.75, 3.05) is 0 Å². The summed E-state index contributed by atoms with van der Waals surface area (Å²) in [4.78, 5) is 11.0. The zero-order valence-electron chi connectivity index (χ0n) is 9.36. The first-order chi connectivity index (χ1) is 6.76. The molecule has 0 saturated heterocycles. The van der Waals surface area contributed by atoms with Gasteiger partial charge < -0.3 is 16.5 Å². The average molecular weight is 261 g/mol. The Kier molecular flexibility index (Phi) is 10.4. The summed E-state index contributed by atoms with van der Waals surface area (Å²) in [7, 11) is 0. The van der Waals surface area contributed by atoms with Crippen molar-refractivity contribution in [1.29, 1.82) is 0 Å². The van der Waals surface area contributed by atoms with Crippen LogP contribution in [0.1, 0.15) is 24.5 Å². The number of carbonyl (C=O) groups excluding carboxylic acids is 1. The Bertz CT molecular complexity index is 319. The quantitative estimate of drug-likeness (QED) is 0.819. The molecule has 89 valence electrons. The van der Waals surface area contributed by atoms with Gasteiger partial charge >= 0.3 is 0 Å². The largest absolute Gasteiger partial charge is 0.412 e. The van der Waals surface area contributed by atoms with E-state index >= 15 is 0 Å². The summed E-state index contributed by atoms with van der Waals surface area (Å²) in [6.45, 7) is 2.96. The van der Waals surface area contributed by atoms with E-state index in [0.717, 1.165) is 11.1 Å². The Balaban J connectivity index is 0. The van der Waals surface area contributed by atoms with E-state index < -0.39 is 0 Å². The predicted octanol–water partition coefficient (Wildman–Crippen LogP) is 0.344. The van der Waals surface area contributed by atoms with Gasteiger partial charge in [-0.2, -0.15) is 0 Å². The molecule has 1 radical (unpaired) electrons. The number of rotatable bonds is 4. The first kappa shape index (κ1) is 17.6. The van der Waals surface area contributed by atoms with E-state index in [0.29, 0.717) is 19.5 Å². The van der Waals surface area contributed by atoms with Gasteiger partial charge in [-0.1, -0.05) is 31.2 Å². The van der Waals surface area contributed by atoms with Crippen LogP contribution < -0.4 is 11.1 Å². The Morgan fingerprint density at radius 2 is 2.00 bits per heavy atom. The Hall–Kier alpha value is -0.806. The van der Waals surface area contributed by atoms with Crippen molar-refractivity contribution in [1.82, 2.24) is 5.32 Å². The Morgan fingerprint density at radius 1 is 1.38 bits per heavy atom. The minimum absolute atomic E-state index is 0. The molecule has 1 aromatic carbocycles. The molecule has 0 aliphatic rings. The van der Waals surface area contributed by atoms with Crippen LogP contribution >= 0.6 is 0 Å². The molecule has 0 atom stereocenters. The molecule has 5 N–H and O–H groups in total. The van der Waals surface area contributed by atoms with Crippen molar-refractivity contribution in [3.8, 4) is 0 Å². The molecule has 0 aliphatic heterocycles. The van der Waals surface area contributed by atoms with E-state index in [9.17, 15) is 4.79 Å². The normalized spacial score (nSPS) is 8.62. The van der Waals surface area contributed by atoms with Gasteiger partial charge in [0, 0.05) is 38.1 Å². The van der Waals surface area contributed by atoms with Gasteiger partial charge in [-0.3, -0.25) is 4.79 Å². The van der Waals surface area contributed by atoms with Gasteiger partial charge in [0.1, 0.15) is 0 Å². The van der Waals surface area contributed by atoms with E-state index in [-0.39, 0.29) is 29.9 Å². The van der Waals surface area contributed by atoms with Crippen molar-refractivity contribution < 1.29 is 28.8 Å². The molecule has 1 rings (SSSR count). The van der Waals surface area contributed by atoms with Crippen molar-refractivity contribution in [3.63, 3.8) is 0 Å². The van der Waals surface area contributed by atoms with Crippen LogP contribution in [0, 0.1) is 0 Å². The molecule has 0 spiro atoms. The summed E-state index contributed by atoms with van der Waals surface area (Å²) in [5.74, 6) is 0.0724. The number of hydrogen-bond acceptors (Lipinski definition) is 2. The standard InChI is InChI=1S/C11H16N2O.H2O.V/c1-2-11(14)13-8-10-5-3-4-9(6-10)7-12;;/h3-6H,2,7-8,12H2,1H3,(H,13,14);1H2;. The van der Waals surface area contributed by atoms with Crippen molar-refractivity contribution in [2.24, 2.45) is 5.73 Å². The van der Waals surface area contributed by atoms with Gasteiger partial charge in [-0.15, -0.1) is 0 Å². The molecule has 4 nitrogen and oxygen atoms in total. The van der Waals surface area contributed by atoms with Gasteiger partial charge in [-0.25, -0.2) is 0 Å². The summed E-state index contributed by atoms with van der Waals surface area (Å²) >= 11 is 0. The van der Waals surface area contributed by atoms with E-state index in [1.807, 2.05) is 31.2 Å². The van der Waals surface area contributed by atoms with Gasteiger partial charge in [-0.05, 0) is 11.1 Å². The fourth-order valence-electron chi connectivity index (χ4n) is 1.19. The number of hydrogen-bond donors (Lipinski definition) is 2. The van der Waals surface area contributed by atoms with E-state index in [2.05, 4.69) is 5.32 Å². The molecular formula is C11H18N2O2V. The predicted molar refractivity (Wildman–Crippen MR) is 60.1 cm³/mol. The van der Waals surface area contributed by atoms with Gasteiger partial charge in [0.2, 0.25) is 5.91 Å². The fourth-order valence-corrected chi connectivity index (χ4v) is 1.19. The summed E-state index contributed by atoms with van der Waals surface area (Å²) in [5.41, 5.74) is 7.70. The molecule has 1 aromatic rings. The van der Waals surface area contributed by atoms with Gasteiger partial charge in [0.25, 0.3) is 0 Å². The van der Waals surface area contributed by atoms with E-state index in [1.165, 1.54) is 0 Å². The molecule has 1 amide bonds. The second kappa shape index (κ2) is 9.42. The molecular weight excluding hydrogens is 243 g/mol. The van der Waals surface area contributed by atoms with Crippen LogP contribution in [0.2, 0.25) is 0 Å². The molecule has 0 unspecified atom stereocenters. The van der Waals surface area contributed by atoms with Crippen LogP contribution in [-0.4, -0.2) is 11.4 Å². The molecule has 0 aromatic heterocycles. The van der Waals surface area contributed by atoms with E-state index in [1.54, 1.807) is 0 Å². The second-order valence-corrected chi connectivity index (χ2v) is 3.15. The maximum Gasteiger partial charge on any atom is 0.219 e. The van der Waals surface area contributed by atoms with Crippen LogP contribution in [0.25, 0.3) is 0 Å². The first-order valence-corrected chi connectivity index (χ1v) is 4.81. The zero-order valence-corrected chi connectivity index (χ0v) is 10.8. The van der Waals surface area contributed by atoms with Crippen LogP contribution in [0.15, 0.2) is 24.3 Å². The monoisotopic (exact) mass is 261 g/mol. The summed E-state index contributed by atoms with van der Waals surface area (Å²) in [6, 6.07) is 7.92. The number of benzene rings is 1. The molecule has 16 heavy (non-hydrogen) atoms. The second-order valence-electron chi connectivity index (χ2n) is 3.15. The first-order valence-electron chi connectivity index (χ1n) is 4.81. The molecule has 0 bridgehead atoms.